The highest BCUT2D eigenvalue weighted by Crippen LogP contribution is 2.29. The third-order valence-corrected chi connectivity index (χ3v) is 5.68. The van der Waals surface area contributed by atoms with Crippen molar-refractivity contribution in [2.24, 2.45) is 0 Å². The molecule has 0 radical (unpaired) electrons. The molecule has 2 heterocycles. The molecular formula is C20H17ClN4OS. The summed E-state index contributed by atoms with van der Waals surface area (Å²) in [5.74, 6) is 0.563. The second kappa shape index (κ2) is 7.13. The van der Waals surface area contributed by atoms with Crippen molar-refractivity contribution in [2.75, 3.05) is 0 Å². The number of nitrogens with one attached hydrogen (secondary N) is 2. The van der Waals surface area contributed by atoms with Gasteiger partial charge in [-0.15, -0.1) is 11.3 Å². The Hall–Kier alpha value is -2.70. The van der Waals surface area contributed by atoms with E-state index in [1.807, 2.05) is 62.4 Å². The lowest BCUT2D eigenvalue weighted by Gasteiger charge is -2.10. The lowest BCUT2D eigenvalue weighted by molar-refractivity contribution is 0.0941. The van der Waals surface area contributed by atoms with E-state index < -0.39 is 0 Å². The number of rotatable bonds is 4. The number of amides is 1. The van der Waals surface area contributed by atoms with Crippen molar-refractivity contribution in [3.05, 3.63) is 69.9 Å². The first-order valence-electron chi connectivity index (χ1n) is 8.50. The average Bonchev–Trinajstić information content (AvgIpc) is 3.25. The highest BCUT2D eigenvalue weighted by atomic mass is 35.5. The Morgan fingerprint density at radius 1 is 1.19 bits per heavy atom. The molecule has 27 heavy (non-hydrogen) atoms. The van der Waals surface area contributed by atoms with Crippen molar-refractivity contribution in [1.29, 1.82) is 0 Å². The topological polar surface area (TPSA) is 70.7 Å². The molecule has 0 aliphatic carbocycles. The van der Waals surface area contributed by atoms with Gasteiger partial charge in [-0.25, -0.2) is 9.97 Å². The predicted octanol–water partition coefficient (Wildman–Crippen LogP) is 5.14. The molecule has 2 N–H and O–H groups in total. The van der Waals surface area contributed by atoms with E-state index in [-0.39, 0.29) is 11.9 Å². The molecule has 0 spiro atoms. The number of thiazole rings is 1. The number of aromatic amines is 1. The van der Waals surface area contributed by atoms with Crippen molar-refractivity contribution >= 4 is 39.9 Å². The van der Waals surface area contributed by atoms with E-state index in [0.717, 1.165) is 27.4 Å². The highest BCUT2D eigenvalue weighted by Gasteiger charge is 2.20. The number of H-pyrrole nitrogens is 1. The molecule has 136 valence electrons. The average molecular weight is 397 g/mol. The number of carbonyl (C=O) groups is 1. The first-order chi connectivity index (χ1) is 13.0. The molecule has 4 rings (SSSR count). The maximum absolute atomic E-state index is 12.8. The van der Waals surface area contributed by atoms with Crippen molar-refractivity contribution in [3.8, 4) is 10.6 Å². The van der Waals surface area contributed by atoms with Crippen LogP contribution in [0.3, 0.4) is 0 Å². The number of carbonyl (C=O) groups excluding carboxylic acids is 1. The maximum Gasteiger partial charge on any atom is 0.263 e. The summed E-state index contributed by atoms with van der Waals surface area (Å²) in [5.41, 5.74) is 3.43. The number of imidazole rings is 1. The van der Waals surface area contributed by atoms with Gasteiger partial charge in [-0.3, -0.25) is 4.79 Å². The molecule has 0 saturated heterocycles. The fourth-order valence-corrected chi connectivity index (χ4v) is 4.02. The fraction of sp³-hybridized carbons (Fsp3) is 0.150. The molecule has 1 amide bonds. The Bertz CT molecular complexity index is 1100. The monoisotopic (exact) mass is 396 g/mol. The molecule has 1 atom stereocenters. The molecule has 4 aromatic rings. The molecule has 2 aromatic heterocycles. The van der Waals surface area contributed by atoms with Crippen molar-refractivity contribution in [1.82, 2.24) is 20.3 Å². The van der Waals surface area contributed by atoms with E-state index in [4.69, 9.17) is 11.6 Å². The molecule has 0 unspecified atom stereocenters. The van der Waals surface area contributed by atoms with Crippen LogP contribution in [0.5, 0.6) is 0 Å². The molecule has 5 nitrogen and oxygen atoms in total. The molecule has 0 aliphatic heterocycles. The van der Waals surface area contributed by atoms with E-state index in [9.17, 15) is 4.79 Å². The quantitative estimate of drug-likeness (QED) is 0.501. The van der Waals surface area contributed by atoms with Crippen LogP contribution in [0.25, 0.3) is 21.6 Å². The summed E-state index contributed by atoms with van der Waals surface area (Å²) < 4.78 is 0. The Labute approximate surface area is 165 Å². The number of aryl methyl sites for hydroxylation is 1. The summed E-state index contributed by atoms with van der Waals surface area (Å²) in [7, 11) is 0. The molecule has 2 aromatic carbocycles. The number of hydrogen-bond donors (Lipinski definition) is 2. The second-order valence-corrected chi connectivity index (χ2v) is 7.71. The standard InChI is InChI=1S/C20H17ClN4OS/c1-11-17(27-20(23-11)13-6-5-7-14(21)10-13)19(26)22-12(2)18-24-15-8-3-4-9-16(15)25-18/h3-10,12H,1-2H3,(H,22,26)(H,24,25)/t12-/m1/s1. The first kappa shape index (κ1) is 17.7. The zero-order chi connectivity index (χ0) is 19.0. The molecule has 0 aliphatic rings. The number of fused-ring (bicyclic) bond motifs is 1. The van der Waals surface area contributed by atoms with Gasteiger partial charge in [0.25, 0.3) is 5.91 Å². The normalized spacial score (nSPS) is 12.3. The Morgan fingerprint density at radius 2 is 2.00 bits per heavy atom. The van der Waals surface area contributed by atoms with Crippen LogP contribution in [-0.4, -0.2) is 20.9 Å². The fourth-order valence-electron chi connectivity index (χ4n) is 2.86. The van der Waals surface area contributed by atoms with Gasteiger partial charge < -0.3 is 10.3 Å². The van der Waals surface area contributed by atoms with Crippen LogP contribution in [0.2, 0.25) is 5.02 Å². The molecule has 0 fully saturated rings. The predicted molar refractivity (Wildman–Crippen MR) is 109 cm³/mol. The van der Waals surface area contributed by atoms with Crippen LogP contribution in [0.15, 0.2) is 48.5 Å². The molecule has 0 saturated carbocycles. The van der Waals surface area contributed by atoms with Gasteiger partial charge in [-0.2, -0.15) is 0 Å². The minimum Gasteiger partial charge on any atom is -0.342 e. The van der Waals surface area contributed by atoms with Crippen LogP contribution >= 0.6 is 22.9 Å². The van der Waals surface area contributed by atoms with E-state index in [1.165, 1.54) is 11.3 Å². The van der Waals surface area contributed by atoms with Crippen molar-refractivity contribution in [2.45, 2.75) is 19.9 Å². The number of para-hydroxylation sites is 2. The third-order valence-electron chi connectivity index (χ3n) is 4.24. The minimum atomic E-state index is -0.249. The van der Waals surface area contributed by atoms with E-state index in [1.54, 1.807) is 0 Å². The summed E-state index contributed by atoms with van der Waals surface area (Å²) in [4.78, 5) is 25.7. The lowest BCUT2D eigenvalue weighted by Crippen LogP contribution is -2.27. The summed E-state index contributed by atoms with van der Waals surface area (Å²) >= 11 is 7.42. The van der Waals surface area contributed by atoms with Crippen LogP contribution < -0.4 is 5.32 Å². The van der Waals surface area contributed by atoms with Gasteiger partial charge in [0.05, 0.1) is 22.8 Å². The van der Waals surface area contributed by atoms with Gasteiger partial charge in [-0.1, -0.05) is 35.9 Å². The second-order valence-electron chi connectivity index (χ2n) is 6.28. The number of aromatic nitrogens is 3. The molecular weight excluding hydrogens is 380 g/mol. The Morgan fingerprint density at radius 3 is 2.78 bits per heavy atom. The number of nitrogens with zero attached hydrogens (tertiary/aromatic N) is 2. The molecule has 0 bridgehead atoms. The van der Waals surface area contributed by atoms with Gasteiger partial charge >= 0.3 is 0 Å². The van der Waals surface area contributed by atoms with Gasteiger partial charge in [0.1, 0.15) is 15.7 Å². The Kier molecular flexibility index (Phi) is 4.68. The molecule has 7 heteroatoms. The van der Waals surface area contributed by atoms with E-state index >= 15 is 0 Å². The summed E-state index contributed by atoms with van der Waals surface area (Å²) in [6, 6.07) is 15.0. The van der Waals surface area contributed by atoms with Crippen LogP contribution in [0.4, 0.5) is 0 Å². The zero-order valence-corrected chi connectivity index (χ0v) is 16.4. The SMILES string of the molecule is Cc1nc(-c2cccc(Cl)c2)sc1C(=O)N[C@H](C)c1nc2ccccc2[nH]1. The number of halogens is 1. The van der Waals surface area contributed by atoms with E-state index in [2.05, 4.69) is 20.3 Å². The lowest BCUT2D eigenvalue weighted by atomic mass is 10.2. The maximum atomic E-state index is 12.8. The Balaban J connectivity index is 1.56. The van der Waals surface area contributed by atoms with Crippen LogP contribution in [0.1, 0.15) is 34.2 Å². The van der Waals surface area contributed by atoms with Gasteiger partial charge in [-0.05, 0) is 38.1 Å². The van der Waals surface area contributed by atoms with Crippen molar-refractivity contribution < 1.29 is 4.79 Å². The minimum absolute atomic E-state index is 0.161. The number of benzene rings is 2. The van der Waals surface area contributed by atoms with Gasteiger partial charge in [0.2, 0.25) is 0 Å². The summed E-state index contributed by atoms with van der Waals surface area (Å²) in [5, 5.41) is 4.42. The first-order valence-corrected chi connectivity index (χ1v) is 9.69. The summed E-state index contributed by atoms with van der Waals surface area (Å²) in [6.07, 6.45) is 0. The number of hydrogen-bond acceptors (Lipinski definition) is 4. The highest BCUT2D eigenvalue weighted by molar-refractivity contribution is 7.17. The van der Waals surface area contributed by atoms with Crippen LogP contribution in [0, 0.1) is 6.92 Å². The smallest absolute Gasteiger partial charge is 0.263 e. The van der Waals surface area contributed by atoms with Crippen LogP contribution in [-0.2, 0) is 0 Å². The van der Waals surface area contributed by atoms with Gasteiger partial charge in [0, 0.05) is 10.6 Å². The zero-order valence-electron chi connectivity index (χ0n) is 14.8. The summed E-state index contributed by atoms with van der Waals surface area (Å²) in [6.45, 7) is 3.75. The van der Waals surface area contributed by atoms with Crippen molar-refractivity contribution in [3.63, 3.8) is 0 Å². The largest absolute Gasteiger partial charge is 0.342 e. The third kappa shape index (κ3) is 3.59. The van der Waals surface area contributed by atoms with Gasteiger partial charge in [0.15, 0.2) is 0 Å². The van der Waals surface area contributed by atoms with E-state index in [0.29, 0.717) is 15.6 Å².